The maximum absolute atomic E-state index is 6.37. The van der Waals surface area contributed by atoms with Crippen LogP contribution in [-0.2, 0) is 17.6 Å². The number of benzene rings is 2. The van der Waals surface area contributed by atoms with Crippen molar-refractivity contribution in [2.75, 3.05) is 8.86 Å². The third-order valence-corrected chi connectivity index (χ3v) is 7.15. The van der Waals surface area contributed by atoms with Crippen molar-refractivity contribution in [2.24, 2.45) is 0 Å². The first-order valence-electron chi connectivity index (χ1n) is 10.5. The molecule has 2 atom stereocenters. The summed E-state index contributed by atoms with van der Waals surface area (Å²) >= 11 is 4.89. The number of hydrogen-bond donors (Lipinski definition) is 0. The molecule has 0 fully saturated rings. The highest BCUT2D eigenvalue weighted by Crippen LogP contribution is 2.50. The highest BCUT2D eigenvalue weighted by molar-refractivity contribution is 14.1. The number of hydrogen-bond acceptors (Lipinski definition) is 3. The van der Waals surface area contributed by atoms with E-state index in [-0.39, 0.29) is 12.6 Å². The van der Waals surface area contributed by atoms with E-state index in [1.54, 1.807) is 0 Å². The molecule has 29 heavy (non-hydrogen) atoms. The van der Waals surface area contributed by atoms with Gasteiger partial charge in [0.25, 0.3) is 0 Å². The molecule has 5 heteroatoms. The molecule has 3 nitrogen and oxygen atoms in total. The third-order valence-electron chi connectivity index (χ3n) is 5.63. The van der Waals surface area contributed by atoms with Crippen molar-refractivity contribution in [1.82, 2.24) is 0 Å². The molecule has 0 aromatic heterocycles. The normalized spacial score (nSPS) is 19.2. The topological polar surface area (TPSA) is 27.7 Å². The molecule has 2 unspecified atom stereocenters. The number of fused-ring (bicyclic) bond motifs is 6. The van der Waals surface area contributed by atoms with Gasteiger partial charge in [-0.15, -0.1) is 0 Å². The van der Waals surface area contributed by atoms with Gasteiger partial charge in [-0.25, -0.2) is 0 Å². The summed E-state index contributed by atoms with van der Waals surface area (Å²) in [5, 5.41) is 0. The Bertz CT molecular complexity index is 809. The molecular weight excluding hydrogens is 590 g/mol. The second-order valence-corrected chi connectivity index (χ2v) is 10.1. The van der Waals surface area contributed by atoms with E-state index in [0.717, 1.165) is 35.5 Å². The monoisotopic (exact) mass is 618 g/mol. The number of aryl methyl sites for hydroxylation is 4. The molecule has 0 saturated carbocycles. The molecule has 2 bridgehead atoms. The van der Waals surface area contributed by atoms with Gasteiger partial charge < -0.3 is 9.47 Å². The third kappa shape index (κ3) is 4.71. The van der Waals surface area contributed by atoms with Gasteiger partial charge in [0.1, 0.15) is 11.5 Å². The second-order valence-electron chi connectivity index (χ2n) is 7.99. The smallest absolute Gasteiger partial charge is 0.233 e. The minimum absolute atomic E-state index is 0.386. The Balaban J connectivity index is 1.61. The first-order valence-corrected chi connectivity index (χ1v) is 13.5. The first-order chi connectivity index (χ1) is 14.1. The van der Waals surface area contributed by atoms with E-state index in [1.807, 2.05) is 0 Å². The van der Waals surface area contributed by atoms with Crippen molar-refractivity contribution in [3.05, 3.63) is 57.6 Å². The first kappa shape index (κ1) is 21.7. The van der Waals surface area contributed by atoms with E-state index in [4.69, 9.17) is 14.2 Å². The zero-order chi connectivity index (χ0) is 20.4. The Labute approximate surface area is 201 Å². The Hall–Kier alpha value is -0.540. The molecule has 2 aromatic carbocycles. The summed E-state index contributed by atoms with van der Waals surface area (Å²) in [7, 11) is 0. The van der Waals surface area contributed by atoms with Gasteiger partial charge in [-0.3, -0.25) is 4.74 Å². The molecular formula is C24H28I2O3. The quantitative estimate of drug-likeness (QED) is 0.177. The van der Waals surface area contributed by atoms with E-state index >= 15 is 0 Å². The maximum Gasteiger partial charge on any atom is 0.233 e. The standard InChI is InChI=1S/C24H28I2O3/c1-15-11-17(7-3-5-9-25)13-19-21(15)27-24-20-14-18(8-4-6-10-26)12-16(2)22(20)28-23(19)29-24/h11-14,23-24H,3-10H2,1-2H3. The van der Waals surface area contributed by atoms with E-state index in [2.05, 4.69) is 83.3 Å². The van der Waals surface area contributed by atoms with Crippen molar-refractivity contribution < 1.29 is 14.2 Å². The van der Waals surface area contributed by atoms with Gasteiger partial charge in [0, 0.05) is 0 Å². The van der Waals surface area contributed by atoms with Crippen LogP contribution in [0, 0.1) is 13.8 Å². The van der Waals surface area contributed by atoms with Crippen molar-refractivity contribution in [1.29, 1.82) is 0 Å². The lowest BCUT2D eigenvalue weighted by Gasteiger charge is -2.39. The van der Waals surface area contributed by atoms with Crippen LogP contribution < -0.4 is 9.47 Å². The Morgan fingerprint density at radius 2 is 1.14 bits per heavy atom. The molecule has 2 aliphatic rings. The van der Waals surface area contributed by atoms with Crippen molar-refractivity contribution in [3.8, 4) is 11.5 Å². The van der Waals surface area contributed by atoms with Crippen LogP contribution in [-0.4, -0.2) is 8.86 Å². The molecule has 0 aliphatic carbocycles. The molecule has 0 N–H and O–H groups in total. The lowest BCUT2D eigenvalue weighted by Crippen LogP contribution is -2.31. The highest BCUT2D eigenvalue weighted by atomic mass is 127. The number of rotatable bonds is 8. The van der Waals surface area contributed by atoms with Gasteiger partial charge in [-0.1, -0.05) is 57.3 Å². The average molecular weight is 618 g/mol. The minimum atomic E-state index is -0.386. The van der Waals surface area contributed by atoms with Crippen LogP contribution >= 0.6 is 45.2 Å². The van der Waals surface area contributed by atoms with Gasteiger partial charge in [-0.2, -0.15) is 0 Å². The van der Waals surface area contributed by atoms with Crippen LogP contribution in [0.5, 0.6) is 11.5 Å². The second kappa shape index (κ2) is 9.73. The van der Waals surface area contributed by atoms with Gasteiger partial charge in [-0.05, 0) is 95.6 Å². The van der Waals surface area contributed by atoms with Gasteiger partial charge >= 0.3 is 0 Å². The fourth-order valence-corrected chi connectivity index (χ4v) is 5.30. The zero-order valence-electron chi connectivity index (χ0n) is 17.1. The van der Waals surface area contributed by atoms with E-state index in [9.17, 15) is 0 Å². The number of unbranched alkanes of at least 4 members (excludes halogenated alkanes) is 2. The summed E-state index contributed by atoms with van der Waals surface area (Å²) in [6.45, 7) is 4.27. The molecule has 0 saturated heterocycles. The molecule has 2 aliphatic heterocycles. The summed E-state index contributed by atoms with van der Waals surface area (Å²) in [6, 6.07) is 8.96. The summed E-state index contributed by atoms with van der Waals surface area (Å²) in [6.07, 6.45) is 6.31. The largest absolute Gasteiger partial charge is 0.459 e. The lowest BCUT2D eigenvalue weighted by molar-refractivity contribution is -0.228. The fraction of sp³-hybridized carbons (Fsp3) is 0.500. The van der Waals surface area contributed by atoms with Crippen molar-refractivity contribution in [2.45, 2.75) is 65.0 Å². The van der Waals surface area contributed by atoms with Crippen molar-refractivity contribution in [3.63, 3.8) is 0 Å². The van der Waals surface area contributed by atoms with E-state index in [1.165, 1.54) is 56.8 Å². The highest BCUT2D eigenvalue weighted by Gasteiger charge is 2.39. The molecule has 2 aromatic rings. The molecule has 0 radical (unpaired) electrons. The molecule has 0 amide bonds. The Morgan fingerprint density at radius 1 is 0.690 bits per heavy atom. The Kier molecular flexibility index (Phi) is 7.27. The lowest BCUT2D eigenvalue weighted by atomic mass is 9.97. The predicted molar refractivity (Wildman–Crippen MR) is 134 cm³/mol. The predicted octanol–water partition coefficient (Wildman–Crippen LogP) is 7.32. The summed E-state index contributed by atoms with van der Waals surface area (Å²) in [4.78, 5) is 0. The van der Waals surface area contributed by atoms with Gasteiger partial charge in [0.05, 0.1) is 11.1 Å². The molecule has 2 heterocycles. The molecule has 156 valence electrons. The number of halogens is 2. The summed E-state index contributed by atoms with van der Waals surface area (Å²) < 4.78 is 21.4. The number of alkyl halides is 2. The minimum Gasteiger partial charge on any atom is -0.459 e. The van der Waals surface area contributed by atoms with Gasteiger partial charge in [0.2, 0.25) is 12.6 Å². The van der Waals surface area contributed by atoms with E-state index in [0.29, 0.717) is 0 Å². The zero-order valence-corrected chi connectivity index (χ0v) is 21.4. The number of ether oxygens (including phenoxy) is 3. The van der Waals surface area contributed by atoms with Crippen LogP contribution in [0.4, 0.5) is 0 Å². The summed E-state index contributed by atoms with van der Waals surface area (Å²) in [5.74, 6) is 1.87. The maximum atomic E-state index is 6.37. The van der Waals surface area contributed by atoms with Crippen molar-refractivity contribution >= 4 is 45.2 Å². The van der Waals surface area contributed by atoms with Gasteiger partial charge in [0.15, 0.2) is 0 Å². The van der Waals surface area contributed by atoms with Crippen LogP contribution in [0.15, 0.2) is 24.3 Å². The average Bonchev–Trinajstić information content (AvgIpc) is 2.70. The van der Waals surface area contributed by atoms with E-state index < -0.39 is 0 Å². The van der Waals surface area contributed by atoms with Crippen LogP contribution in [0.3, 0.4) is 0 Å². The summed E-state index contributed by atoms with van der Waals surface area (Å²) in [5.41, 5.74) is 7.09. The fourth-order valence-electron chi connectivity index (χ4n) is 4.22. The molecule has 4 rings (SSSR count). The SMILES string of the molecule is Cc1cc(CCCCI)cc2c1OC1OC2Oc2c(C)cc(CCCCI)cc21. The molecule has 0 spiro atoms. The Morgan fingerprint density at radius 3 is 1.55 bits per heavy atom. The van der Waals surface area contributed by atoms with Crippen LogP contribution in [0.2, 0.25) is 0 Å². The van der Waals surface area contributed by atoms with Crippen LogP contribution in [0.25, 0.3) is 0 Å². The van der Waals surface area contributed by atoms with Crippen LogP contribution in [0.1, 0.15) is 71.6 Å².